The molecular weight excluding hydrogens is 227 g/mol. The molecule has 5 nitrogen and oxygen atoms in total. The van der Waals surface area contributed by atoms with E-state index in [0.717, 1.165) is 6.21 Å². The number of benzene rings is 1. The monoisotopic (exact) mass is 234 g/mol. The summed E-state index contributed by atoms with van der Waals surface area (Å²) in [4.78, 5) is 0.331. The molecule has 1 aromatic rings. The predicted octanol–water partition coefficient (Wildman–Crippen LogP) is -1.67. The van der Waals surface area contributed by atoms with Gasteiger partial charge in [0.2, 0.25) is 0 Å². The fourth-order valence-corrected chi connectivity index (χ4v) is 0.937. The summed E-state index contributed by atoms with van der Waals surface area (Å²) in [6, 6.07) is 9.71. The standard InChI is InChI=1S/C6H5O2S.C2H2N2O.Na/c7-9(8)6-4-2-1-3-5-6;3-1-2-4-5;/h1-5H;2,5H;/q-1;;+1. The molecule has 0 aliphatic carbocycles. The minimum absolute atomic E-state index is 0. The van der Waals surface area contributed by atoms with Crippen molar-refractivity contribution >= 4 is 16.9 Å². The second kappa shape index (κ2) is 11.2. The minimum Gasteiger partial charge on any atom is -0.420 e. The first-order valence-corrected chi connectivity index (χ1v) is 4.49. The van der Waals surface area contributed by atoms with Crippen molar-refractivity contribution in [3.05, 3.63) is 30.3 Å². The third kappa shape index (κ3) is 9.43. The summed E-state index contributed by atoms with van der Waals surface area (Å²) in [6.45, 7) is 0. The fourth-order valence-electron chi connectivity index (χ4n) is 0.557. The van der Waals surface area contributed by atoms with Crippen molar-refractivity contribution in [3.8, 4) is 6.07 Å². The zero-order valence-electron chi connectivity index (χ0n) is 8.03. The van der Waals surface area contributed by atoms with E-state index in [4.69, 9.17) is 10.5 Å². The molecule has 0 amide bonds. The van der Waals surface area contributed by atoms with Crippen LogP contribution in [0.1, 0.15) is 0 Å². The Hall–Kier alpha value is -0.870. The summed E-state index contributed by atoms with van der Waals surface area (Å²) in [5, 5.41) is 17.3. The van der Waals surface area contributed by atoms with E-state index in [0.29, 0.717) is 4.90 Å². The molecule has 0 aliphatic heterocycles. The van der Waals surface area contributed by atoms with E-state index in [1.54, 1.807) is 30.3 Å². The Kier molecular flexibility index (Phi) is 12.4. The van der Waals surface area contributed by atoms with Crippen LogP contribution in [0.5, 0.6) is 0 Å². The topological polar surface area (TPSA) is 90.5 Å². The number of nitriles is 1. The number of oxime groups is 1. The van der Waals surface area contributed by atoms with Gasteiger partial charge >= 0.3 is 29.6 Å². The van der Waals surface area contributed by atoms with Crippen molar-refractivity contribution in [2.45, 2.75) is 4.90 Å². The van der Waals surface area contributed by atoms with Crippen LogP contribution in [-0.4, -0.2) is 11.4 Å². The summed E-state index contributed by atoms with van der Waals surface area (Å²) in [5.74, 6) is 0. The first-order chi connectivity index (χ1) is 6.72. The van der Waals surface area contributed by atoms with Gasteiger partial charge in [0.1, 0.15) is 12.3 Å². The fraction of sp³-hybridized carbons (Fsp3) is 0. The molecule has 0 saturated carbocycles. The Balaban J connectivity index is 0. The molecule has 1 aromatic carbocycles. The largest absolute Gasteiger partial charge is 1.00 e. The van der Waals surface area contributed by atoms with Gasteiger partial charge in [-0.25, -0.2) is 0 Å². The van der Waals surface area contributed by atoms with Crippen LogP contribution in [0.3, 0.4) is 0 Å². The maximum atomic E-state index is 10.2. The molecular formula is C8H7N2NaO3S. The molecule has 0 aliphatic rings. The van der Waals surface area contributed by atoms with Crippen molar-refractivity contribution in [3.63, 3.8) is 0 Å². The number of hydrogen-bond acceptors (Lipinski definition) is 6. The van der Waals surface area contributed by atoms with Crippen molar-refractivity contribution in [2.24, 2.45) is 5.16 Å². The second-order valence-electron chi connectivity index (χ2n) is 1.92. The van der Waals surface area contributed by atoms with Gasteiger partial charge in [-0.15, -0.1) is 0 Å². The number of rotatable bonds is 1. The Morgan fingerprint density at radius 1 is 1.33 bits per heavy atom. The van der Waals surface area contributed by atoms with Crippen LogP contribution in [0.15, 0.2) is 40.4 Å². The Morgan fingerprint density at radius 3 is 2.07 bits per heavy atom. The van der Waals surface area contributed by atoms with E-state index < -0.39 is 10.7 Å². The number of hydrogen-bond donors (Lipinski definition) is 1. The van der Waals surface area contributed by atoms with Crippen LogP contribution in [0, 0.1) is 11.3 Å². The average Bonchev–Trinajstić information content (AvgIpc) is 2.21. The Bertz CT molecular complexity index is 390. The summed E-state index contributed by atoms with van der Waals surface area (Å²) >= 11 is 0. The van der Waals surface area contributed by atoms with Crippen molar-refractivity contribution < 1.29 is 43.2 Å². The zero-order chi connectivity index (χ0) is 10.8. The molecule has 1 rings (SSSR count). The molecule has 7 heteroatoms. The van der Waals surface area contributed by atoms with Gasteiger partial charge in [0.15, 0.2) is 0 Å². The maximum Gasteiger partial charge on any atom is 1.00 e. The minimum atomic E-state index is -2.08. The van der Waals surface area contributed by atoms with Crippen molar-refractivity contribution in [2.75, 3.05) is 0 Å². The SMILES string of the molecule is N#CC=NO.O=[S-](=O)c1ccccc1.[Na+]. The van der Waals surface area contributed by atoms with E-state index in [9.17, 15) is 8.42 Å². The van der Waals surface area contributed by atoms with Crippen LogP contribution >= 0.6 is 0 Å². The maximum absolute atomic E-state index is 10.2. The van der Waals surface area contributed by atoms with Crippen molar-refractivity contribution in [1.82, 2.24) is 0 Å². The summed E-state index contributed by atoms with van der Waals surface area (Å²) in [5.41, 5.74) is 0. The van der Waals surface area contributed by atoms with Crippen molar-refractivity contribution in [1.29, 1.82) is 5.26 Å². The van der Waals surface area contributed by atoms with Gasteiger partial charge in [0, 0.05) is 0 Å². The van der Waals surface area contributed by atoms with Crippen LogP contribution in [0.4, 0.5) is 0 Å². The van der Waals surface area contributed by atoms with Crippen LogP contribution < -0.4 is 29.6 Å². The molecule has 0 aromatic heterocycles. The molecule has 0 saturated heterocycles. The van der Waals surface area contributed by atoms with Gasteiger partial charge in [-0.1, -0.05) is 40.4 Å². The van der Waals surface area contributed by atoms with Gasteiger partial charge < -0.3 is 13.6 Å². The third-order valence-corrected chi connectivity index (χ3v) is 1.71. The zero-order valence-corrected chi connectivity index (χ0v) is 10.8. The van der Waals surface area contributed by atoms with E-state index in [-0.39, 0.29) is 29.6 Å². The van der Waals surface area contributed by atoms with E-state index in [2.05, 4.69) is 5.16 Å². The molecule has 0 fully saturated rings. The first-order valence-electron chi connectivity index (χ1n) is 3.42. The van der Waals surface area contributed by atoms with Gasteiger partial charge in [0.25, 0.3) is 0 Å². The summed E-state index contributed by atoms with van der Waals surface area (Å²) in [6.07, 6.45) is 0.736. The van der Waals surface area contributed by atoms with Gasteiger partial charge in [-0.05, 0) is 10.7 Å². The first kappa shape index (κ1) is 16.6. The Morgan fingerprint density at radius 2 is 1.87 bits per heavy atom. The molecule has 74 valence electrons. The number of nitrogens with zero attached hydrogens (tertiary/aromatic N) is 2. The smallest absolute Gasteiger partial charge is 0.420 e. The molecule has 1 N–H and O–H groups in total. The Labute approximate surface area is 111 Å². The van der Waals surface area contributed by atoms with E-state index in [1.165, 1.54) is 6.07 Å². The molecule has 15 heavy (non-hydrogen) atoms. The normalized spacial score (nSPS) is 8.53. The molecule has 0 spiro atoms. The molecule has 0 unspecified atom stereocenters. The summed E-state index contributed by atoms with van der Waals surface area (Å²) in [7, 11) is -2.08. The molecule has 0 bridgehead atoms. The molecule has 0 atom stereocenters. The van der Waals surface area contributed by atoms with Crippen LogP contribution in [0.25, 0.3) is 0 Å². The second-order valence-corrected chi connectivity index (χ2v) is 2.86. The van der Waals surface area contributed by atoms with Gasteiger partial charge in [-0.2, -0.15) is 5.26 Å². The predicted molar refractivity (Wildman–Crippen MR) is 49.3 cm³/mol. The van der Waals surface area contributed by atoms with Crippen LogP contribution in [0.2, 0.25) is 0 Å². The quantitative estimate of drug-likeness (QED) is 0.207. The van der Waals surface area contributed by atoms with E-state index in [1.807, 2.05) is 0 Å². The summed E-state index contributed by atoms with van der Waals surface area (Å²) < 4.78 is 20.4. The average molecular weight is 234 g/mol. The van der Waals surface area contributed by atoms with Gasteiger partial charge in [0.05, 0.1) is 0 Å². The molecule has 0 radical (unpaired) electrons. The molecule has 0 heterocycles. The van der Waals surface area contributed by atoms with E-state index >= 15 is 0 Å². The van der Waals surface area contributed by atoms with Crippen LogP contribution in [-0.2, 0) is 19.1 Å². The third-order valence-electron chi connectivity index (χ3n) is 1.05. The van der Waals surface area contributed by atoms with Gasteiger partial charge in [-0.3, -0.25) is 0 Å².